The minimum absolute atomic E-state index is 0.825. The van der Waals surface area contributed by atoms with E-state index in [9.17, 15) is 0 Å². The number of anilines is 1. The van der Waals surface area contributed by atoms with Crippen molar-refractivity contribution in [1.29, 1.82) is 0 Å². The van der Waals surface area contributed by atoms with E-state index in [0.29, 0.717) is 0 Å². The van der Waals surface area contributed by atoms with Gasteiger partial charge in [0, 0.05) is 17.1 Å². The molecule has 0 radical (unpaired) electrons. The van der Waals surface area contributed by atoms with Crippen LogP contribution < -0.4 is 10.1 Å². The Hall–Kier alpha value is -1.48. The monoisotopic (exact) mass is 303 g/mol. The van der Waals surface area contributed by atoms with E-state index in [1.54, 1.807) is 0 Å². The molecular weight excluding hydrogens is 278 g/mol. The first-order valence-corrected chi connectivity index (χ1v) is 8.75. The van der Waals surface area contributed by atoms with Crippen molar-refractivity contribution in [2.75, 3.05) is 18.5 Å². The fourth-order valence-electron chi connectivity index (χ4n) is 2.17. The molecule has 2 nitrogen and oxygen atoms in total. The van der Waals surface area contributed by atoms with E-state index in [1.165, 1.54) is 24.1 Å². The van der Waals surface area contributed by atoms with Crippen molar-refractivity contribution in [3.8, 4) is 5.75 Å². The van der Waals surface area contributed by atoms with Crippen LogP contribution in [0.25, 0.3) is 0 Å². The molecule has 0 bridgehead atoms. The molecule has 1 aromatic carbocycles. The predicted octanol–water partition coefficient (Wildman–Crippen LogP) is 5.36. The summed E-state index contributed by atoms with van der Waals surface area (Å²) >= 11 is 1.82. The average molecular weight is 303 g/mol. The van der Waals surface area contributed by atoms with Crippen molar-refractivity contribution in [3.05, 3.63) is 46.7 Å². The number of rotatable bonds is 10. The van der Waals surface area contributed by atoms with Crippen LogP contribution in [0.15, 0.2) is 41.8 Å². The third kappa shape index (κ3) is 6.21. The van der Waals surface area contributed by atoms with Crippen molar-refractivity contribution in [2.45, 2.75) is 39.0 Å². The smallest absolute Gasteiger partial charge is 0.119 e. The first-order valence-electron chi connectivity index (χ1n) is 7.87. The first kappa shape index (κ1) is 15.9. The van der Waals surface area contributed by atoms with Gasteiger partial charge in [-0.25, -0.2) is 0 Å². The van der Waals surface area contributed by atoms with Crippen LogP contribution in [-0.2, 0) is 6.42 Å². The molecule has 2 rings (SSSR count). The second-order valence-electron chi connectivity index (χ2n) is 5.19. The third-order valence-electron chi connectivity index (χ3n) is 3.40. The number of hydrogen-bond acceptors (Lipinski definition) is 3. The number of benzene rings is 1. The summed E-state index contributed by atoms with van der Waals surface area (Å²) in [4.78, 5) is 1.43. The normalized spacial score (nSPS) is 10.5. The minimum Gasteiger partial charge on any atom is -0.494 e. The molecular formula is C18H25NOS. The van der Waals surface area contributed by atoms with Gasteiger partial charge in [0.05, 0.1) is 6.61 Å². The summed E-state index contributed by atoms with van der Waals surface area (Å²) in [6.45, 7) is 4.02. The SMILES string of the molecule is CCCCCCOc1ccc(NCCc2cccs2)cc1. The van der Waals surface area contributed by atoms with Gasteiger partial charge in [-0.2, -0.15) is 0 Å². The molecule has 3 heteroatoms. The summed E-state index contributed by atoms with van der Waals surface area (Å²) in [6.07, 6.45) is 6.06. The highest BCUT2D eigenvalue weighted by atomic mass is 32.1. The van der Waals surface area contributed by atoms with E-state index in [1.807, 2.05) is 23.5 Å². The Kier molecular flexibility index (Phi) is 7.16. The van der Waals surface area contributed by atoms with Gasteiger partial charge < -0.3 is 10.1 Å². The number of ether oxygens (including phenoxy) is 1. The second-order valence-corrected chi connectivity index (χ2v) is 6.22. The van der Waals surface area contributed by atoms with Gasteiger partial charge in [0.1, 0.15) is 5.75 Å². The molecule has 0 fully saturated rings. The van der Waals surface area contributed by atoms with Gasteiger partial charge in [-0.1, -0.05) is 32.3 Å². The molecule has 0 unspecified atom stereocenters. The van der Waals surface area contributed by atoms with E-state index in [2.05, 4.69) is 41.9 Å². The lowest BCUT2D eigenvalue weighted by molar-refractivity contribution is 0.305. The standard InChI is InChI=1S/C18H25NOS/c1-2-3-4-5-14-20-17-10-8-16(9-11-17)19-13-12-18-7-6-15-21-18/h6-11,15,19H,2-5,12-14H2,1H3. The Bertz CT molecular complexity index is 478. The molecule has 0 aliphatic heterocycles. The van der Waals surface area contributed by atoms with Crippen molar-refractivity contribution in [3.63, 3.8) is 0 Å². The zero-order chi connectivity index (χ0) is 14.8. The molecule has 0 saturated carbocycles. The molecule has 1 heterocycles. The summed E-state index contributed by atoms with van der Waals surface area (Å²) in [7, 11) is 0. The molecule has 21 heavy (non-hydrogen) atoms. The van der Waals surface area contributed by atoms with Crippen LogP contribution in [0.4, 0.5) is 5.69 Å². The van der Waals surface area contributed by atoms with Gasteiger partial charge >= 0.3 is 0 Å². The zero-order valence-corrected chi connectivity index (χ0v) is 13.6. The van der Waals surface area contributed by atoms with Gasteiger partial charge in [0.15, 0.2) is 0 Å². The number of hydrogen-bond donors (Lipinski definition) is 1. The highest BCUT2D eigenvalue weighted by Gasteiger charge is 1.97. The fourth-order valence-corrected chi connectivity index (χ4v) is 2.88. The maximum absolute atomic E-state index is 5.74. The van der Waals surface area contributed by atoms with E-state index in [-0.39, 0.29) is 0 Å². The topological polar surface area (TPSA) is 21.3 Å². The Labute approximate surface area is 132 Å². The van der Waals surface area contributed by atoms with E-state index >= 15 is 0 Å². The highest BCUT2D eigenvalue weighted by molar-refractivity contribution is 7.09. The maximum Gasteiger partial charge on any atom is 0.119 e. The molecule has 1 aromatic heterocycles. The van der Waals surface area contributed by atoms with Crippen molar-refractivity contribution in [2.24, 2.45) is 0 Å². The van der Waals surface area contributed by atoms with Crippen LogP contribution in [0, 0.1) is 0 Å². The number of thiophene rings is 1. The molecule has 0 spiro atoms. The Balaban J connectivity index is 1.64. The van der Waals surface area contributed by atoms with Gasteiger partial charge in [-0.15, -0.1) is 11.3 Å². The molecule has 0 amide bonds. The third-order valence-corrected chi connectivity index (χ3v) is 4.34. The zero-order valence-electron chi connectivity index (χ0n) is 12.8. The fraction of sp³-hybridized carbons (Fsp3) is 0.444. The molecule has 0 saturated heterocycles. The maximum atomic E-state index is 5.74. The van der Waals surface area contributed by atoms with E-state index in [0.717, 1.165) is 37.4 Å². The Morgan fingerprint density at radius 3 is 2.62 bits per heavy atom. The van der Waals surface area contributed by atoms with Crippen LogP contribution in [0.5, 0.6) is 5.75 Å². The molecule has 2 aromatic rings. The quantitative estimate of drug-likeness (QED) is 0.596. The van der Waals surface area contributed by atoms with Crippen LogP contribution in [0.3, 0.4) is 0 Å². The highest BCUT2D eigenvalue weighted by Crippen LogP contribution is 2.17. The number of nitrogens with one attached hydrogen (secondary N) is 1. The molecule has 114 valence electrons. The van der Waals surface area contributed by atoms with Gasteiger partial charge in [0.2, 0.25) is 0 Å². The Morgan fingerprint density at radius 2 is 1.90 bits per heavy atom. The molecule has 0 atom stereocenters. The summed E-state index contributed by atoms with van der Waals surface area (Å²) in [5.74, 6) is 0.968. The van der Waals surface area contributed by atoms with Crippen LogP contribution >= 0.6 is 11.3 Å². The number of unbranched alkanes of at least 4 members (excludes halogenated alkanes) is 3. The van der Waals surface area contributed by atoms with Gasteiger partial charge in [-0.3, -0.25) is 0 Å². The van der Waals surface area contributed by atoms with E-state index in [4.69, 9.17) is 4.74 Å². The lowest BCUT2D eigenvalue weighted by Crippen LogP contribution is -2.03. The largest absolute Gasteiger partial charge is 0.494 e. The molecule has 0 aliphatic carbocycles. The summed E-state index contributed by atoms with van der Waals surface area (Å²) in [5, 5.41) is 5.57. The van der Waals surface area contributed by atoms with Crippen molar-refractivity contribution >= 4 is 17.0 Å². The molecule has 0 aliphatic rings. The predicted molar refractivity (Wildman–Crippen MR) is 92.6 cm³/mol. The summed E-state index contributed by atoms with van der Waals surface area (Å²) in [5.41, 5.74) is 1.16. The van der Waals surface area contributed by atoms with Crippen molar-refractivity contribution in [1.82, 2.24) is 0 Å². The lowest BCUT2D eigenvalue weighted by Gasteiger charge is -2.08. The van der Waals surface area contributed by atoms with Crippen LogP contribution in [0.1, 0.15) is 37.5 Å². The average Bonchev–Trinajstić information content (AvgIpc) is 3.02. The minimum atomic E-state index is 0.825. The molecule has 1 N–H and O–H groups in total. The van der Waals surface area contributed by atoms with Gasteiger partial charge in [0.25, 0.3) is 0 Å². The van der Waals surface area contributed by atoms with Crippen LogP contribution in [-0.4, -0.2) is 13.2 Å². The first-order chi connectivity index (χ1) is 10.4. The van der Waals surface area contributed by atoms with E-state index < -0.39 is 0 Å². The summed E-state index contributed by atoms with van der Waals surface area (Å²) < 4.78 is 5.74. The van der Waals surface area contributed by atoms with Crippen LogP contribution in [0.2, 0.25) is 0 Å². The lowest BCUT2D eigenvalue weighted by atomic mass is 10.2. The second kappa shape index (κ2) is 9.46. The van der Waals surface area contributed by atoms with Gasteiger partial charge in [-0.05, 0) is 48.6 Å². The Morgan fingerprint density at radius 1 is 1.05 bits per heavy atom. The van der Waals surface area contributed by atoms with Crippen molar-refractivity contribution < 1.29 is 4.74 Å². The summed E-state index contributed by atoms with van der Waals surface area (Å²) in [6, 6.07) is 12.6.